The molecule has 0 spiro atoms. The molecule has 0 aliphatic rings. The maximum absolute atomic E-state index is 6.11. The maximum atomic E-state index is 6.11. The van der Waals surface area contributed by atoms with Crippen molar-refractivity contribution in [1.29, 1.82) is 0 Å². The molecular formula is C15H18ClN3. The number of benzene rings is 1. The van der Waals surface area contributed by atoms with E-state index in [9.17, 15) is 0 Å². The van der Waals surface area contributed by atoms with Gasteiger partial charge in [0.2, 0.25) is 0 Å². The highest BCUT2D eigenvalue weighted by atomic mass is 35.5. The number of pyridine rings is 1. The molecule has 1 aromatic heterocycles. The van der Waals surface area contributed by atoms with Crippen molar-refractivity contribution in [3.8, 4) is 0 Å². The summed E-state index contributed by atoms with van der Waals surface area (Å²) >= 11 is 6.11. The molecule has 2 rings (SSSR count). The highest BCUT2D eigenvalue weighted by molar-refractivity contribution is 6.31. The Bertz CT molecular complexity index is 555. The van der Waals surface area contributed by atoms with Crippen LogP contribution < -0.4 is 10.6 Å². The number of halogens is 1. The molecule has 0 aliphatic carbocycles. The fourth-order valence-corrected chi connectivity index (χ4v) is 1.91. The third-order valence-corrected chi connectivity index (χ3v) is 3.25. The zero-order chi connectivity index (χ0) is 13.7. The zero-order valence-corrected chi connectivity index (χ0v) is 12.0. The Balaban J connectivity index is 2.16. The summed E-state index contributed by atoms with van der Waals surface area (Å²) in [7, 11) is 0. The molecule has 0 radical (unpaired) electrons. The van der Waals surface area contributed by atoms with Crippen LogP contribution in [0.5, 0.6) is 0 Å². The normalized spacial score (nSPS) is 10.3. The molecule has 2 aromatic rings. The first-order valence-corrected chi connectivity index (χ1v) is 6.81. The molecule has 1 heterocycles. The van der Waals surface area contributed by atoms with Crippen molar-refractivity contribution in [1.82, 2.24) is 4.98 Å². The van der Waals surface area contributed by atoms with Crippen molar-refractivity contribution in [2.45, 2.75) is 20.3 Å². The smallest absolute Gasteiger partial charge is 0.132 e. The minimum Gasteiger partial charge on any atom is -0.370 e. The monoisotopic (exact) mass is 275 g/mol. The third kappa shape index (κ3) is 3.61. The number of hydrogen-bond acceptors (Lipinski definition) is 3. The quantitative estimate of drug-likeness (QED) is 0.837. The Kier molecular flexibility index (Phi) is 4.63. The van der Waals surface area contributed by atoms with Crippen LogP contribution in [0.4, 0.5) is 17.3 Å². The molecule has 0 saturated heterocycles. The minimum absolute atomic E-state index is 0.755. The molecule has 19 heavy (non-hydrogen) atoms. The first-order chi connectivity index (χ1) is 9.20. The van der Waals surface area contributed by atoms with Crippen molar-refractivity contribution >= 4 is 28.9 Å². The van der Waals surface area contributed by atoms with E-state index < -0.39 is 0 Å². The summed E-state index contributed by atoms with van der Waals surface area (Å²) in [5.41, 5.74) is 2.01. The molecule has 4 heteroatoms. The van der Waals surface area contributed by atoms with Gasteiger partial charge in [-0.2, -0.15) is 0 Å². The Morgan fingerprint density at radius 3 is 2.63 bits per heavy atom. The van der Waals surface area contributed by atoms with Gasteiger partial charge in [0.1, 0.15) is 11.6 Å². The third-order valence-electron chi connectivity index (χ3n) is 2.84. The number of anilines is 3. The van der Waals surface area contributed by atoms with Crippen molar-refractivity contribution in [3.05, 3.63) is 47.0 Å². The van der Waals surface area contributed by atoms with Crippen LogP contribution in [0.3, 0.4) is 0 Å². The molecule has 0 bridgehead atoms. The van der Waals surface area contributed by atoms with Gasteiger partial charge in [-0.1, -0.05) is 30.7 Å². The number of hydrogen-bond donors (Lipinski definition) is 2. The van der Waals surface area contributed by atoms with Gasteiger partial charge in [0.05, 0.1) is 0 Å². The molecule has 0 amide bonds. The zero-order valence-electron chi connectivity index (χ0n) is 11.2. The highest BCUT2D eigenvalue weighted by Crippen LogP contribution is 2.25. The number of aromatic nitrogens is 1. The van der Waals surface area contributed by atoms with Crippen molar-refractivity contribution in [3.63, 3.8) is 0 Å². The Morgan fingerprint density at radius 1 is 1.11 bits per heavy atom. The number of nitrogens with zero attached hydrogens (tertiary/aromatic N) is 1. The van der Waals surface area contributed by atoms with E-state index in [1.807, 2.05) is 43.3 Å². The first-order valence-electron chi connectivity index (χ1n) is 6.43. The molecule has 0 atom stereocenters. The van der Waals surface area contributed by atoms with Gasteiger partial charge in [-0.3, -0.25) is 0 Å². The molecule has 0 fully saturated rings. The lowest BCUT2D eigenvalue weighted by Crippen LogP contribution is -2.03. The fraction of sp³-hybridized carbons (Fsp3) is 0.267. The highest BCUT2D eigenvalue weighted by Gasteiger charge is 2.03. The topological polar surface area (TPSA) is 37.0 Å². The number of rotatable bonds is 5. The van der Waals surface area contributed by atoms with Gasteiger partial charge < -0.3 is 10.6 Å². The second-order valence-electron chi connectivity index (χ2n) is 4.37. The first kappa shape index (κ1) is 13.7. The van der Waals surface area contributed by atoms with Crippen molar-refractivity contribution < 1.29 is 0 Å². The van der Waals surface area contributed by atoms with Crippen molar-refractivity contribution in [2.24, 2.45) is 0 Å². The lowest BCUT2D eigenvalue weighted by atomic mass is 10.2. The maximum Gasteiger partial charge on any atom is 0.132 e. The fourth-order valence-electron chi connectivity index (χ4n) is 1.74. The van der Waals surface area contributed by atoms with E-state index in [0.717, 1.165) is 40.9 Å². The largest absolute Gasteiger partial charge is 0.370 e. The molecular weight excluding hydrogens is 258 g/mol. The predicted molar refractivity (Wildman–Crippen MR) is 82.5 cm³/mol. The summed E-state index contributed by atoms with van der Waals surface area (Å²) in [6, 6.07) is 11.7. The van der Waals surface area contributed by atoms with E-state index in [-0.39, 0.29) is 0 Å². The van der Waals surface area contributed by atoms with Crippen LogP contribution in [0.15, 0.2) is 36.4 Å². The van der Waals surface area contributed by atoms with Gasteiger partial charge in [0.25, 0.3) is 0 Å². The SMILES string of the molecule is CCCNc1cccc(Nc2cccc(Cl)c2C)n1. The minimum atomic E-state index is 0.755. The summed E-state index contributed by atoms with van der Waals surface area (Å²) in [4.78, 5) is 4.51. The Labute approximate surface area is 119 Å². The van der Waals surface area contributed by atoms with Crippen LogP contribution in [-0.4, -0.2) is 11.5 Å². The van der Waals surface area contributed by atoms with Crippen LogP contribution in [0.1, 0.15) is 18.9 Å². The average Bonchev–Trinajstić information content (AvgIpc) is 2.42. The van der Waals surface area contributed by atoms with E-state index in [4.69, 9.17) is 11.6 Å². The van der Waals surface area contributed by atoms with Gasteiger partial charge in [-0.05, 0) is 43.2 Å². The van der Waals surface area contributed by atoms with Crippen LogP contribution in [-0.2, 0) is 0 Å². The second kappa shape index (κ2) is 6.43. The van der Waals surface area contributed by atoms with Crippen LogP contribution in [0, 0.1) is 6.92 Å². The summed E-state index contributed by atoms with van der Waals surface area (Å²) < 4.78 is 0. The molecule has 0 saturated carbocycles. The summed E-state index contributed by atoms with van der Waals surface area (Å²) in [5.74, 6) is 1.69. The van der Waals surface area contributed by atoms with Gasteiger partial charge >= 0.3 is 0 Å². The molecule has 0 unspecified atom stereocenters. The van der Waals surface area contributed by atoms with Crippen LogP contribution in [0.25, 0.3) is 0 Å². The molecule has 1 aromatic carbocycles. The lowest BCUT2D eigenvalue weighted by molar-refractivity contribution is 0.970. The van der Waals surface area contributed by atoms with Gasteiger partial charge in [0, 0.05) is 17.3 Å². The molecule has 100 valence electrons. The summed E-state index contributed by atoms with van der Waals surface area (Å²) in [6.45, 7) is 5.04. The van der Waals surface area contributed by atoms with E-state index >= 15 is 0 Å². The molecule has 0 aliphatic heterocycles. The van der Waals surface area contributed by atoms with Gasteiger partial charge in [-0.25, -0.2) is 4.98 Å². The number of nitrogens with one attached hydrogen (secondary N) is 2. The van der Waals surface area contributed by atoms with E-state index in [1.165, 1.54) is 0 Å². The predicted octanol–water partition coefficient (Wildman–Crippen LogP) is 4.61. The van der Waals surface area contributed by atoms with E-state index in [0.29, 0.717) is 0 Å². The van der Waals surface area contributed by atoms with E-state index in [2.05, 4.69) is 22.5 Å². The van der Waals surface area contributed by atoms with Gasteiger partial charge in [-0.15, -0.1) is 0 Å². The van der Waals surface area contributed by atoms with Crippen LogP contribution in [0.2, 0.25) is 5.02 Å². The second-order valence-corrected chi connectivity index (χ2v) is 4.78. The lowest BCUT2D eigenvalue weighted by Gasteiger charge is -2.11. The van der Waals surface area contributed by atoms with E-state index in [1.54, 1.807) is 0 Å². The molecule has 2 N–H and O–H groups in total. The Morgan fingerprint density at radius 2 is 1.84 bits per heavy atom. The Hall–Kier alpha value is -1.74. The van der Waals surface area contributed by atoms with Gasteiger partial charge in [0.15, 0.2) is 0 Å². The van der Waals surface area contributed by atoms with Crippen LogP contribution >= 0.6 is 11.6 Å². The average molecular weight is 276 g/mol. The standard InChI is InChI=1S/C15H18ClN3/c1-3-10-17-14-8-5-9-15(19-14)18-13-7-4-6-12(16)11(13)2/h4-9H,3,10H2,1-2H3,(H2,17,18,19). The molecule has 3 nitrogen and oxygen atoms in total. The summed E-state index contributed by atoms with van der Waals surface area (Å²) in [6.07, 6.45) is 1.08. The summed E-state index contributed by atoms with van der Waals surface area (Å²) in [5, 5.41) is 7.32. The van der Waals surface area contributed by atoms with Crippen molar-refractivity contribution in [2.75, 3.05) is 17.2 Å².